The van der Waals surface area contributed by atoms with Crippen molar-refractivity contribution in [2.45, 2.75) is 19.4 Å². The van der Waals surface area contributed by atoms with Crippen molar-refractivity contribution in [3.63, 3.8) is 0 Å². The van der Waals surface area contributed by atoms with Crippen LogP contribution in [-0.4, -0.2) is 22.6 Å². The smallest absolute Gasteiger partial charge is 0.0949 e. The van der Waals surface area contributed by atoms with E-state index in [9.17, 15) is 0 Å². The molecule has 2 rings (SSSR count). The standard InChI is InChI=1S/C9H15N3/c1-8-2-3-10-6-9(8)12-5-4-11-7-12/h4-5,7-10H,2-3,6H2,1H3/t8-,9-/m1/s1. The highest BCUT2D eigenvalue weighted by Gasteiger charge is 2.21. The maximum absolute atomic E-state index is 4.07. The van der Waals surface area contributed by atoms with Gasteiger partial charge in [-0.25, -0.2) is 4.98 Å². The molecule has 0 unspecified atom stereocenters. The first-order chi connectivity index (χ1) is 5.88. The van der Waals surface area contributed by atoms with Crippen molar-refractivity contribution in [1.29, 1.82) is 0 Å². The molecule has 0 amide bonds. The van der Waals surface area contributed by atoms with Crippen LogP contribution in [0.3, 0.4) is 0 Å². The molecular formula is C9H15N3. The van der Waals surface area contributed by atoms with E-state index < -0.39 is 0 Å². The van der Waals surface area contributed by atoms with Crippen molar-refractivity contribution in [2.24, 2.45) is 5.92 Å². The van der Waals surface area contributed by atoms with Gasteiger partial charge < -0.3 is 9.88 Å². The topological polar surface area (TPSA) is 29.9 Å². The molecule has 0 aliphatic carbocycles. The van der Waals surface area contributed by atoms with Gasteiger partial charge in [0.05, 0.1) is 6.33 Å². The van der Waals surface area contributed by atoms with Crippen LogP contribution in [0.2, 0.25) is 0 Å². The molecule has 0 spiro atoms. The molecule has 3 heteroatoms. The summed E-state index contributed by atoms with van der Waals surface area (Å²) in [5.41, 5.74) is 0. The molecule has 0 radical (unpaired) electrons. The van der Waals surface area contributed by atoms with Crippen molar-refractivity contribution >= 4 is 0 Å². The minimum absolute atomic E-state index is 0.598. The summed E-state index contributed by atoms with van der Waals surface area (Å²) in [5.74, 6) is 0.764. The van der Waals surface area contributed by atoms with E-state index in [1.807, 2.05) is 18.7 Å². The third kappa shape index (κ3) is 1.37. The molecule has 1 fully saturated rings. The van der Waals surface area contributed by atoms with Crippen LogP contribution in [0.4, 0.5) is 0 Å². The summed E-state index contributed by atoms with van der Waals surface area (Å²) in [6.45, 7) is 4.55. The van der Waals surface area contributed by atoms with Crippen LogP contribution >= 0.6 is 0 Å². The maximum atomic E-state index is 4.07. The number of hydrogen-bond donors (Lipinski definition) is 1. The van der Waals surface area contributed by atoms with Crippen molar-refractivity contribution in [3.05, 3.63) is 18.7 Å². The molecule has 0 aromatic carbocycles. The van der Waals surface area contributed by atoms with Crippen LogP contribution in [0.5, 0.6) is 0 Å². The highest BCUT2D eigenvalue weighted by Crippen LogP contribution is 2.22. The second-order valence-corrected chi connectivity index (χ2v) is 3.55. The Labute approximate surface area is 72.8 Å². The van der Waals surface area contributed by atoms with Crippen molar-refractivity contribution in [1.82, 2.24) is 14.9 Å². The van der Waals surface area contributed by atoms with Crippen LogP contribution in [0.15, 0.2) is 18.7 Å². The van der Waals surface area contributed by atoms with E-state index in [2.05, 4.69) is 21.8 Å². The fraction of sp³-hybridized carbons (Fsp3) is 0.667. The third-order valence-corrected chi connectivity index (χ3v) is 2.69. The third-order valence-electron chi connectivity index (χ3n) is 2.69. The zero-order valence-corrected chi connectivity index (χ0v) is 7.40. The molecule has 1 N–H and O–H groups in total. The Bertz CT molecular complexity index is 230. The molecule has 1 aliphatic heterocycles. The van der Waals surface area contributed by atoms with Crippen molar-refractivity contribution in [2.75, 3.05) is 13.1 Å². The van der Waals surface area contributed by atoms with Crippen LogP contribution < -0.4 is 5.32 Å². The summed E-state index contributed by atoms with van der Waals surface area (Å²) in [6, 6.07) is 0.598. The van der Waals surface area contributed by atoms with Crippen LogP contribution in [0.25, 0.3) is 0 Å². The maximum Gasteiger partial charge on any atom is 0.0949 e. The van der Waals surface area contributed by atoms with Crippen molar-refractivity contribution in [3.8, 4) is 0 Å². The van der Waals surface area contributed by atoms with E-state index in [0.29, 0.717) is 6.04 Å². The minimum Gasteiger partial charge on any atom is -0.333 e. The first kappa shape index (κ1) is 7.80. The molecule has 1 aromatic heterocycles. The fourth-order valence-corrected chi connectivity index (χ4v) is 1.84. The molecule has 0 saturated carbocycles. The normalized spacial score (nSPS) is 30.4. The molecule has 12 heavy (non-hydrogen) atoms. The van der Waals surface area contributed by atoms with Gasteiger partial charge in [-0.2, -0.15) is 0 Å². The Morgan fingerprint density at radius 2 is 2.50 bits per heavy atom. The lowest BCUT2D eigenvalue weighted by atomic mass is 9.95. The van der Waals surface area contributed by atoms with Gasteiger partial charge in [-0.15, -0.1) is 0 Å². The number of rotatable bonds is 1. The monoisotopic (exact) mass is 165 g/mol. The average molecular weight is 165 g/mol. The summed E-state index contributed by atoms with van der Waals surface area (Å²) in [5, 5.41) is 3.40. The Morgan fingerprint density at radius 3 is 3.17 bits per heavy atom. The molecule has 3 nitrogen and oxygen atoms in total. The van der Waals surface area contributed by atoms with E-state index in [-0.39, 0.29) is 0 Å². The number of imidazole rings is 1. The van der Waals surface area contributed by atoms with Gasteiger partial charge in [-0.1, -0.05) is 6.92 Å². The van der Waals surface area contributed by atoms with E-state index >= 15 is 0 Å². The number of nitrogens with zero attached hydrogens (tertiary/aromatic N) is 2. The predicted octanol–water partition coefficient (Wildman–Crippen LogP) is 1.05. The lowest BCUT2D eigenvalue weighted by molar-refractivity contribution is 0.274. The minimum atomic E-state index is 0.598. The Morgan fingerprint density at radius 1 is 1.58 bits per heavy atom. The second-order valence-electron chi connectivity index (χ2n) is 3.55. The zero-order chi connectivity index (χ0) is 8.39. The summed E-state index contributed by atoms with van der Waals surface area (Å²) in [7, 11) is 0. The fourth-order valence-electron chi connectivity index (χ4n) is 1.84. The van der Waals surface area contributed by atoms with Gasteiger partial charge in [0.25, 0.3) is 0 Å². The van der Waals surface area contributed by atoms with E-state index in [4.69, 9.17) is 0 Å². The number of aromatic nitrogens is 2. The Balaban J connectivity index is 2.11. The van der Waals surface area contributed by atoms with Gasteiger partial charge in [0.15, 0.2) is 0 Å². The summed E-state index contributed by atoms with van der Waals surface area (Å²) >= 11 is 0. The lowest BCUT2D eigenvalue weighted by Crippen LogP contribution is -2.36. The predicted molar refractivity (Wildman–Crippen MR) is 47.9 cm³/mol. The van der Waals surface area contributed by atoms with Gasteiger partial charge >= 0.3 is 0 Å². The Hall–Kier alpha value is -0.830. The number of hydrogen-bond acceptors (Lipinski definition) is 2. The lowest BCUT2D eigenvalue weighted by Gasteiger charge is -2.30. The van der Waals surface area contributed by atoms with Crippen LogP contribution in [0.1, 0.15) is 19.4 Å². The van der Waals surface area contributed by atoms with E-state index in [1.165, 1.54) is 6.42 Å². The molecule has 66 valence electrons. The highest BCUT2D eigenvalue weighted by atomic mass is 15.1. The van der Waals surface area contributed by atoms with Crippen molar-refractivity contribution < 1.29 is 0 Å². The molecule has 2 heterocycles. The van der Waals surface area contributed by atoms with E-state index in [0.717, 1.165) is 19.0 Å². The highest BCUT2D eigenvalue weighted by molar-refractivity contribution is 4.86. The van der Waals surface area contributed by atoms with E-state index in [1.54, 1.807) is 0 Å². The molecule has 2 atom stereocenters. The molecule has 1 aromatic rings. The molecule has 1 aliphatic rings. The first-order valence-corrected chi connectivity index (χ1v) is 4.56. The van der Waals surface area contributed by atoms with Gasteiger partial charge in [0, 0.05) is 25.0 Å². The molecule has 1 saturated heterocycles. The first-order valence-electron chi connectivity index (χ1n) is 4.56. The zero-order valence-electron chi connectivity index (χ0n) is 7.40. The average Bonchev–Trinajstić information content (AvgIpc) is 2.57. The number of nitrogens with one attached hydrogen (secondary N) is 1. The largest absolute Gasteiger partial charge is 0.333 e. The second kappa shape index (κ2) is 3.27. The van der Waals surface area contributed by atoms with Crippen LogP contribution in [-0.2, 0) is 0 Å². The van der Waals surface area contributed by atoms with Crippen LogP contribution in [0, 0.1) is 5.92 Å². The summed E-state index contributed by atoms with van der Waals surface area (Å²) in [6.07, 6.45) is 7.08. The summed E-state index contributed by atoms with van der Waals surface area (Å²) in [4.78, 5) is 4.07. The number of piperidine rings is 1. The SMILES string of the molecule is C[C@@H]1CCNC[C@H]1n1ccnc1. The van der Waals surface area contributed by atoms with Gasteiger partial charge in [0.2, 0.25) is 0 Å². The summed E-state index contributed by atoms with van der Waals surface area (Å²) < 4.78 is 2.21. The molecular weight excluding hydrogens is 150 g/mol. The Kier molecular flexibility index (Phi) is 2.13. The quantitative estimate of drug-likeness (QED) is 0.674. The molecule has 0 bridgehead atoms. The van der Waals surface area contributed by atoms with Gasteiger partial charge in [0.1, 0.15) is 0 Å². The van der Waals surface area contributed by atoms with Gasteiger partial charge in [-0.05, 0) is 18.9 Å². The van der Waals surface area contributed by atoms with Gasteiger partial charge in [-0.3, -0.25) is 0 Å².